The maximum absolute atomic E-state index is 4.89. The van der Waals surface area contributed by atoms with Crippen molar-refractivity contribution < 1.29 is 0 Å². The van der Waals surface area contributed by atoms with Gasteiger partial charge in [-0.05, 0) is 18.3 Å². The highest BCUT2D eigenvalue weighted by molar-refractivity contribution is 5.28. The third kappa shape index (κ3) is 3.38. The van der Waals surface area contributed by atoms with E-state index < -0.39 is 0 Å². The van der Waals surface area contributed by atoms with Crippen LogP contribution in [0.2, 0.25) is 0 Å². The zero-order chi connectivity index (χ0) is 15.1. The van der Waals surface area contributed by atoms with E-state index in [1.54, 1.807) is 0 Å². The minimum atomic E-state index is 0.0115. The molecule has 0 amide bonds. The summed E-state index contributed by atoms with van der Waals surface area (Å²) < 4.78 is 0. The number of aromatic nitrogens is 2. The molecule has 0 radical (unpaired) electrons. The van der Waals surface area contributed by atoms with Crippen LogP contribution in [0.1, 0.15) is 78.0 Å². The highest BCUT2D eigenvalue weighted by Gasteiger charge is 2.34. The zero-order valence-corrected chi connectivity index (χ0v) is 14.0. The first-order valence-electron chi connectivity index (χ1n) is 7.71. The number of fused-ring (bicyclic) bond motifs is 1. The van der Waals surface area contributed by atoms with Gasteiger partial charge in [0.15, 0.2) is 0 Å². The standard InChI is InChI=1S/C17H29N3/c1-11(2)19-13-8-17(6,7)9-14-12(13)10-18-15(20-14)16(3,4)5/h10-11,13,19H,8-9H2,1-7H3. The normalized spacial score (nSPS) is 21.9. The van der Waals surface area contributed by atoms with Crippen LogP contribution in [0.5, 0.6) is 0 Å². The molecule has 1 aromatic rings. The van der Waals surface area contributed by atoms with Gasteiger partial charge in [-0.15, -0.1) is 0 Å². The molecule has 1 aliphatic carbocycles. The van der Waals surface area contributed by atoms with Crippen LogP contribution in [0.25, 0.3) is 0 Å². The van der Waals surface area contributed by atoms with Gasteiger partial charge in [-0.1, -0.05) is 48.5 Å². The summed E-state index contributed by atoms with van der Waals surface area (Å²) in [6.45, 7) is 15.6. The maximum Gasteiger partial charge on any atom is 0.133 e. The van der Waals surface area contributed by atoms with Gasteiger partial charge in [-0.25, -0.2) is 9.97 Å². The number of rotatable bonds is 2. The maximum atomic E-state index is 4.89. The van der Waals surface area contributed by atoms with Crippen LogP contribution in [-0.2, 0) is 11.8 Å². The average Bonchev–Trinajstić information content (AvgIpc) is 2.24. The fraction of sp³-hybridized carbons (Fsp3) is 0.765. The highest BCUT2D eigenvalue weighted by Crippen LogP contribution is 2.40. The fourth-order valence-electron chi connectivity index (χ4n) is 2.96. The molecule has 1 heterocycles. The highest BCUT2D eigenvalue weighted by atomic mass is 15.0. The monoisotopic (exact) mass is 275 g/mol. The molecule has 0 fully saturated rings. The summed E-state index contributed by atoms with van der Waals surface area (Å²) in [5.74, 6) is 0.956. The predicted molar refractivity (Wildman–Crippen MR) is 83.8 cm³/mol. The lowest BCUT2D eigenvalue weighted by Gasteiger charge is -2.38. The van der Waals surface area contributed by atoms with Gasteiger partial charge < -0.3 is 5.32 Å². The summed E-state index contributed by atoms with van der Waals surface area (Å²) in [7, 11) is 0. The summed E-state index contributed by atoms with van der Waals surface area (Å²) in [5, 5.41) is 3.67. The molecule has 1 aromatic heterocycles. The molecule has 1 N–H and O–H groups in total. The topological polar surface area (TPSA) is 37.8 Å². The van der Waals surface area contributed by atoms with E-state index in [0.29, 0.717) is 17.5 Å². The van der Waals surface area contributed by atoms with Crippen molar-refractivity contribution >= 4 is 0 Å². The van der Waals surface area contributed by atoms with Gasteiger partial charge >= 0.3 is 0 Å². The smallest absolute Gasteiger partial charge is 0.133 e. The van der Waals surface area contributed by atoms with Gasteiger partial charge in [-0.2, -0.15) is 0 Å². The number of nitrogens with one attached hydrogen (secondary N) is 1. The molecule has 2 rings (SSSR count). The first-order valence-corrected chi connectivity index (χ1v) is 7.71. The molecule has 112 valence electrons. The SMILES string of the molecule is CC(C)NC1CC(C)(C)Cc2nc(C(C)(C)C)ncc21. The van der Waals surface area contributed by atoms with E-state index in [1.807, 2.05) is 0 Å². The number of nitrogens with zero attached hydrogens (tertiary/aromatic N) is 2. The lowest BCUT2D eigenvalue weighted by Crippen LogP contribution is -2.37. The van der Waals surface area contributed by atoms with E-state index in [0.717, 1.165) is 18.7 Å². The molecule has 1 unspecified atom stereocenters. The summed E-state index contributed by atoms with van der Waals surface area (Å²) in [5.41, 5.74) is 2.84. The molecule has 0 saturated carbocycles. The Bertz CT molecular complexity index is 483. The molecular formula is C17H29N3. The molecule has 0 aromatic carbocycles. The second-order valence-electron chi connectivity index (χ2n) is 8.26. The van der Waals surface area contributed by atoms with Gasteiger partial charge in [0, 0.05) is 35.0 Å². The minimum absolute atomic E-state index is 0.0115. The van der Waals surface area contributed by atoms with E-state index in [-0.39, 0.29) is 5.41 Å². The Balaban J connectivity index is 2.42. The Morgan fingerprint density at radius 3 is 2.50 bits per heavy atom. The first kappa shape index (κ1) is 15.4. The lowest BCUT2D eigenvalue weighted by molar-refractivity contribution is 0.244. The van der Waals surface area contributed by atoms with Crippen molar-refractivity contribution in [3.8, 4) is 0 Å². The quantitative estimate of drug-likeness (QED) is 0.892. The summed E-state index contributed by atoms with van der Waals surface area (Å²) in [6.07, 6.45) is 4.25. The Morgan fingerprint density at radius 2 is 1.95 bits per heavy atom. The summed E-state index contributed by atoms with van der Waals surface area (Å²) in [4.78, 5) is 9.50. The summed E-state index contributed by atoms with van der Waals surface area (Å²) in [6, 6.07) is 0.854. The van der Waals surface area contributed by atoms with Gasteiger partial charge in [0.25, 0.3) is 0 Å². The van der Waals surface area contributed by atoms with Crippen LogP contribution in [0.4, 0.5) is 0 Å². The van der Waals surface area contributed by atoms with Gasteiger partial charge in [0.05, 0.1) is 0 Å². The van der Waals surface area contributed by atoms with E-state index in [9.17, 15) is 0 Å². The summed E-state index contributed by atoms with van der Waals surface area (Å²) >= 11 is 0. The Labute approximate surface area is 123 Å². The third-order valence-corrected chi connectivity index (χ3v) is 3.88. The van der Waals surface area contributed by atoms with Crippen molar-refractivity contribution in [2.45, 2.75) is 78.8 Å². The second-order valence-corrected chi connectivity index (χ2v) is 8.26. The molecule has 0 spiro atoms. The molecule has 3 nitrogen and oxygen atoms in total. The van der Waals surface area contributed by atoms with Crippen molar-refractivity contribution in [2.24, 2.45) is 5.41 Å². The van der Waals surface area contributed by atoms with Gasteiger partial charge in [-0.3, -0.25) is 0 Å². The third-order valence-electron chi connectivity index (χ3n) is 3.88. The van der Waals surface area contributed by atoms with Crippen molar-refractivity contribution in [1.29, 1.82) is 0 Å². The van der Waals surface area contributed by atoms with E-state index in [4.69, 9.17) is 4.98 Å². The van der Waals surface area contributed by atoms with E-state index >= 15 is 0 Å². The number of hydrogen-bond donors (Lipinski definition) is 1. The van der Waals surface area contributed by atoms with Crippen molar-refractivity contribution in [3.05, 3.63) is 23.3 Å². The molecule has 1 aliphatic rings. The first-order chi connectivity index (χ1) is 9.08. The largest absolute Gasteiger partial charge is 0.308 e. The molecule has 3 heteroatoms. The van der Waals surface area contributed by atoms with Crippen molar-refractivity contribution in [3.63, 3.8) is 0 Å². The molecular weight excluding hydrogens is 246 g/mol. The van der Waals surface area contributed by atoms with E-state index in [1.165, 1.54) is 11.3 Å². The van der Waals surface area contributed by atoms with Crippen LogP contribution in [-0.4, -0.2) is 16.0 Å². The number of hydrogen-bond acceptors (Lipinski definition) is 3. The fourth-order valence-corrected chi connectivity index (χ4v) is 2.96. The lowest BCUT2D eigenvalue weighted by atomic mass is 9.74. The van der Waals surface area contributed by atoms with Crippen LogP contribution in [0, 0.1) is 5.41 Å². The van der Waals surface area contributed by atoms with Crippen LogP contribution in [0.15, 0.2) is 6.20 Å². The van der Waals surface area contributed by atoms with Gasteiger partial charge in [0.2, 0.25) is 0 Å². The Kier molecular flexibility index (Phi) is 3.94. The van der Waals surface area contributed by atoms with Crippen LogP contribution >= 0.6 is 0 Å². The molecule has 0 aliphatic heterocycles. The van der Waals surface area contributed by atoms with Crippen LogP contribution < -0.4 is 5.32 Å². The predicted octanol–water partition coefficient (Wildman–Crippen LogP) is 3.79. The molecule has 0 bridgehead atoms. The van der Waals surface area contributed by atoms with E-state index in [2.05, 4.69) is 65.0 Å². The Hall–Kier alpha value is -0.960. The average molecular weight is 275 g/mol. The molecule has 1 atom stereocenters. The zero-order valence-electron chi connectivity index (χ0n) is 14.0. The van der Waals surface area contributed by atoms with Crippen molar-refractivity contribution in [2.75, 3.05) is 0 Å². The van der Waals surface area contributed by atoms with Crippen molar-refractivity contribution in [1.82, 2.24) is 15.3 Å². The molecule has 20 heavy (non-hydrogen) atoms. The molecule has 0 saturated heterocycles. The minimum Gasteiger partial charge on any atom is -0.308 e. The van der Waals surface area contributed by atoms with Crippen LogP contribution in [0.3, 0.4) is 0 Å². The van der Waals surface area contributed by atoms with Gasteiger partial charge in [0.1, 0.15) is 5.82 Å². The Morgan fingerprint density at radius 1 is 1.30 bits per heavy atom. The second kappa shape index (κ2) is 5.10.